The third-order valence-electron chi connectivity index (χ3n) is 3.37. The van der Waals surface area contributed by atoms with Crippen molar-refractivity contribution in [3.63, 3.8) is 0 Å². The van der Waals surface area contributed by atoms with Crippen LogP contribution >= 0.6 is 0 Å². The Labute approximate surface area is 128 Å². The van der Waals surface area contributed by atoms with Crippen molar-refractivity contribution in [1.29, 1.82) is 0 Å². The molecule has 1 saturated heterocycles. The van der Waals surface area contributed by atoms with E-state index in [1.165, 1.54) is 12.1 Å². The predicted molar refractivity (Wildman–Crippen MR) is 76.8 cm³/mol. The Bertz CT molecular complexity index is 476. The van der Waals surface area contributed by atoms with Gasteiger partial charge in [-0.2, -0.15) is 8.78 Å². The Morgan fingerprint density at radius 1 is 1.32 bits per heavy atom. The summed E-state index contributed by atoms with van der Waals surface area (Å²) in [7, 11) is 1.85. The van der Waals surface area contributed by atoms with Crippen LogP contribution < -0.4 is 4.74 Å². The lowest BCUT2D eigenvalue weighted by molar-refractivity contribution is -0.136. The molecule has 1 aliphatic rings. The Balaban J connectivity index is 1.80. The van der Waals surface area contributed by atoms with Gasteiger partial charge in [-0.15, -0.1) is 0 Å². The first-order chi connectivity index (χ1) is 10.5. The summed E-state index contributed by atoms with van der Waals surface area (Å²) in [6.07, 6.45) is 0. The minimum absolute atomic E-state index is 0.0726. The third kappa shape index (κ3) is 5.23. The van der Waals surface area contributed by atoms with Crippen LogP contribution in [0.2, 0.25) is 0 Å². The number of likely N-dealkylation sites (N-methyl/N-ethyl adjacent to an activating group) is 1. The second-order valence-corrected chi connectivity index (χ2v) is 5.19. The van der Waals surface area contributed by atoms with Crippen LogP contribution in [-0.2, 0) is 16.1 Å². The fraction of sp³-hybridized carbons (Fsp3) is 0.533. The molecule has 122 valence electrons. The number of hydrogen-bond donors (Lipinski definition) is 0. The maximum absolute atomic E-state index is 12.1. The van der Waals surface area contributed by atoms with E-state index in [9.17, 15) is 13.6 Å². The first-order valence-corrected chi connectivity index (χ1v) is 7.12. The number of ether oxygens (including phenoxy) is 2. The highest BCUT2D eigenvalue weighted by Crippen LogP contribution is 2.15. The van der Waals surface area contributed by atoms with Crippen LogP contribution in [-0.4, -0.2) is 62.2 Å². The summed E-state index contributed by atoms with van der Waals surface area (Å²) in [5, 5.41) is 0. The molecule has 7 heteroatoms. The van der Waals surface area contributed by atoms with Gasteiger partial charge in [0.25, 0.3) is 0 Å². The summed E-state index contributed by atoms with van der Waals surface area (Å²) in [6.45, 7) is 0.487. The number of amides is 1. The molecule has 0 N–H and O–H groups in total. The predicted octanol–water partition coefficient (Wildman–Crippen LogP) is 1.58. The van der Waals surface area contributed by atoms with Crippen molar-refractivity contribution in [2.45, 2.75) is 13.2 Å². The molecule has 1 aliphatic heterocycles. The van der Waals surface area contributed by atoms with Crippen LogP contribution in [0.3, 0.4) is 0 Å². The highest BCUT2D eigenvalue weighted by Gasteiger charge is 2.18. The Hall–Kier alpha value is -1.73. The average Bonchev–Trinajstić information content (AvgIpc) is 2.49. The third-order valence-corrected chi connectivity index (χ3v) is 3.37. The minimum atomic E-state index is -2.82. The largest absolute Gasteiger partial charge is 0.435 e. The van der Waals surface area contributed by atoms with E-state index in [1.807, 2.05) is 11.9 Å². The maximum atomic E-state index is 12.1. The monoisotopic (exact) mass is 314 g/mol. The molecule has 0 unspecified atom stereocenters. The van der Waals surface area contributed by atoms with E-state index >= 15 is 0 Å². The molecule has 1 amide bonds. The molecule has 22 heavy (non-hydrogen) atoms. The zero-order valence-corrected chi connectivity index (χ0v) is 12.5. The van der Waals surface area contributed by atoms with Gasteiger partial charge >= 0.3 is 6.61 Å². The number of nitrogens with zero attached hydrogens (tertiary/aromatic N) is 2. The second-order valence-electron chi connectivity index (χ2n) is 5.19. The summed E-state index contributed by atoms with van der Waals surface area (Å²) >= 11 is 0. The number of hydrogen-bond acceptors (Lipinski definition) is 4. The van der Waals surface area contributed by atoms with E-state index in [1.54, 1.807) is 17.0 Å². The van der Waals surface area contributed by atoms with Gasteiger partial charge in [0.1, 0.15) is 5.75 Å². The van der Waals surface area contributed by atoms with Gasteiger partial charge in [0.2, 0.25) is 5.91 Å². The van der Waals surface area contributed by atoms with E-state index in [2.05, 4.69) is 4.74 Å². The molecule has 1 aromatic rings. The molecule has 0 saturated carbocycles. The van der Waals surface area contributed by atoms with Crippen LogP contribution in [0.1, 0.15) is 5.56 Å². The van der Waals surface area contributed by atoms with Crippen LogP contribution in [0, 0.1) is 0 Å². The van der Waals surface area contributed by atoms with Gasteiger partial charge in [0, 0.05) is 19.6 Å². The molecule has 1 aromatic carbocycles. The maximum Gasteiger partial charge on any atom is 0.387 e. The van der Waals surface area contributed by atoms with E-state index in [-0.39, 0.29) is 11.7 Å². The minimum Gasteiger partial charge on any atom is -0.435 e. The lowest BCUT2D eigenvalue weighted by Gasteiger charge is -2.28. The molecule has 0 aromatic heterocycles. The van der Waals surface area contributed by atoms with Gasteiger partial charge in [0.05, 0.1) is 19.8 Å². The van der Waals surface area contributed by atoms with Crippen LogP contribution in [0.4, 0.5) is 8.78 Å². The van der Waals surface area contributed by atoms with Crippen molar-refractivity contribution in [1.82, 2.24) is 9.80 Å². The van der Waals surface area contributed by atoms with Crippen LogP contribution in [0.25, 0.3) is 0 Å². The van der Waals surface area contributed by atoms with Gasteiger partial charge in [-0.3, -0.25) is 9.69 Å². The van der Waals surface area contributed by atoms with Gasteiger partial charge in [-0.05, 0) is 24.7 Å². The van der Waals surface area contributed by atoms with Gasteiger partial charge in [0.15, 0.2) is 0 Å². The Morgan fingerprint density at radius 3 is 2.55 bits per heavy atom. The fourth-order valence-electron chi connectivity index (χ4n) is 2.29. The molecule has 2 rings (SSSR count). The van der Waals surface area contributed by atoms with Crippen LogP contribution in [0.5, 0.6) is 5.75 Å². The lowest BCUT2D eigenvalue weighted by Crippen LogP contribution is -2.44. The Kier molecular flexibility index (Phi) is 6.09. The number of morpholine rings is 1. The number of rotatable bonds is 6. The SMILES string of the molecule is CN(CC(=O)N1CCOCC1)Cc1ccc(OC(F)F)cc1. The Morgan fingerprint density at radius 2 is 1.95 bits per heavy atom. The summed E-state index contributed by atoms with van der Waals surface area (Å²) in [4.78, 5) is 15.8. The van der Waals surface area contributed by atoms with Gasteiger partial charge in [-0.1, -0.05) is 12.1 Å². The molecule has 0 radical (unpaired) electrons. The smallest absolute Gasteiger partial charge is 0.387 e. The van der Waals surface area contributed by atoms with E-state index in [0.717, 1.165) is 5.56 Å². The molecule has 1 heterocycles. The van der Waals surface area contributed by atoms with Crippen LogP contribution in [0.15, 0.2) is 24.3 Å². The van der Waals surface area contributed by atoms with Gasteiger partial charge in [-0.25, -0.2) is 0 Å². The summed E-state index contributed by atoms with van der Waals surface area (Å²) < 4.78 is 33.7. The highest BCUT2D eigenvalue weighted by molar-refractivity contribution is 5.78. The molecular weight excluding hydrogens is 294 g/mol. The average molecular weight is 314 g/mol. The topological polar surface area (TPSA) is 42.0 Å². The summed E-state index contributed by atoms with van der Waals surface area (Å²) in [6, 6.07) is 6.43. The molecule has 5 nitrogen and oxygen atoms in total. The number of halogens is 2. The molecule has 0 aliphatic carbocycles. The number of benzene rings is 1. The fourth-order valence-corrected chi connectivity index (χ4v) is 2.29. The van der Waals surface area contributed by atoms with Crippen molar-refractivity contribution in [3.05, 3.63) is 29.8 Å². The molecule has 0 bridgehead atoms. The lowest BCUT2D eigenvalue weighted by atomic mass is 10.2. The number of alkyl halides is 2. The molecule has 1 fully saturated rings. The number of carbonyl (C=O) groups is 1. The van der Waals surface area contributed by atoms with Crippen molar-refractivity contribution >= 4 is 5.91 Å². The van der Waals surface area contributed by atoms with E-state index in [4.69, 9.17) is 4.74 Å². The molecule has 0 atom stereocenters. The van der Waals surface area contributed by atoms with Crippen molar-refractivity contribution in [2.24, 2.45) is 0 Å². The summed E-state index contributed by atoms with van der Waals surface area (Å²) in [5.41, 5.74) is 0.930. The highest BCUT2D eigenvalue weighted by atomic mass is 19.3. The quantitative estimate of drug-likeness (QED) is 0.799. The van der Waals surface area contributed by atoms with E-state index in [0.29, 0.717) is 39.4 Å². The first kappa shape index (κ1) is 16.6. The molecule has 0 spiro atoms. The van der Waals surface area contributed by atoms with Crippen molar-refractivity contribution < 1.29 is 23.0 Å². The van der Waals surface area contributed by atoms with Crippen molar-refractivity contribution in [2.75, 3.05) is 39.9 Å². The normalized spacial score (nSPS) is 15.4. The van der Waals surface area contributed by atoms with Crippen molar-refractivity contribution in [3.8, 4) is 5.75 Å². The molecular formula is C15H20F2N2O3. The second kappa shape index (κ2) is 8.05. The first-order valence-electron chi connectivity index (χ1n) is 7.12. The number of carbonyl (C=O) groups excluding carboxylic acids is 1. The zero-order valence-electron chi connectivity index (χ0n) is 12.5. The van der Waals surface area contributed by atoms with Gasteiger partial charge < -0.3 is 14.4 Å². The van der Waals surface area contributed by atoms with E-state index < -0.39 is 6.61 Å². The standard InChI is InChI=1S/C15H20F2N2O3/c1-18(11-14(20)19-6-8-21-9-7-19)10-12-2-4-13(5-3-12)22-15(16)17/h2-5,15H,6-11H2,1H3. The zero-order chi connectivity index (χ0) is 15.9. The summed E-state index contributed by atoms with van der Waals surface area (Å²) in [5.74, 6) is 0.203.